The molecule has 10 heteroatoms. The number of nitrogens with one attached hydrogen (secondary N) is 1. The Labute approximate surface area is 174 Å². The van der Waals surface area contributed by atoms with Crippen molar-refractivity contribution >= 4 is 45.1 Å². The van der Waals surface area contributed by atoms with Crippen molar-refractivity contribution in [2.24, 2.45) is 0 Å². The summed E-state index contributed by atoms with van der Waals surface area (Å²) in [5.74, 6) is -1.35. The number of carbonyl (C=O) groups excluding carboxylic acids is 3. The standard InChI is InChI=1S/C19H24N2O6S2/c1-3-21(13-8-9-29(25,26)11-13)19(24)12(2)27-17(22)10-16-18(23)20-14-6-4-5-7-15(14)28-16/h4-7,12-13,16H,3,8-11H2,1-2H3,(H,20,23)/t12-,13+,16-/m0/s1. The molecule has 0 unspecified atom stereocenters. The first kappa shape index (κ1) is 21.6. The summed E-state index contributed by atoms with van der Waals surface area (Å²) in [5, 5.41) is 2.13. The number of hydrogen-bond acceptors (Lipinski definition) is 7. The van der Waals surface area contributed by atoms with Crippen LogP contribution in [0.5, 0.6) is 0 Å². The van der Waals surface area contributed by atoms with E-state index in [0.29, 0.717) is 18.7 Å². The van der Waals surface area contributed by atoms with E-state index in [9.17, 15) is 22.8 Å². The predicted octanol–water partition coefficient (Wildman–Crippen LogP) is 1.46. The number of fused-ring (bicyclic) bond motifs is 1. The van der Waals surface area contributed by atoms with Crippen LogP contribution in [0, 0.1) is 0 Å². The average Bonchev–Trinajstić information content (AvgIpc) is 3.02. The summed E-state index contributed by atoms with van der Waals surface area (Å²) in [5.41, 5.74) is 0.709. The van der Waals surface area contributed by atoms with Crippen LogP contribution in [0.2, 0.25) is 0 Å². The zero-order valence-electron chi connectivity index (χ0n) is 16.3. The van der Waals surface area contributed by atoms with Gasteiger partial charge in [0.25, 0.3) is 5.91 Å². The summed E-state index contributed by atoms with van der Waals surface area (Å²) in [4.78, 5) is 39.6. The number of hydrogen-bond donors (Lipinski definition) is 1. The van der Waals surface area contributed by atoms with Crippen molar-refractivity contribution in [2.75, 3.05) is 23.4 Å². The van der Waals surface area contributed by atoms with Crippen LogP contribution in [0.1, 0.15) is 26.7 Å². The Morgan fingerprint density at radius 3 is 2.72 bits per heavy atom. The van der Waals surface area contributed by atoms with Gasteiger partial charge in [-0.15, -0.1) is 11.8 Å². The normalized spacial score (nSPS) is 23.6. The number of benzene rings is 1. The number of anilines is 1. The lowest BCUT2D eigenvalue weighted by Gasteiger charge is -2.29. The molecule has 158 valence electrons. The minimum Gasteiger partial charge on any atom is -0.452 e. The monoisotopic (exact) mass is 440 g/mol. The minimum atomic E-state index is -3.13. The molecule has 1 N–H and O–H groups in total. The quantitative estimate of drug-likeness (QED) is 0.667. The highest BCUT2D eigenvalue weighted by Gasteiger charge is 2.37. The zero-order valence-corrected chi connectivity index (χ0v) is 17.9. The first-order valence-corrected chi connectivity index (χ1v) is 12.2. The fourth-order valence-corrected chi connectivity index (χ4v) is 6.35. The third-order valence-corrected chi connectivity index (χ3v) is 8.01. The molecule has 2 aliphatic rings. The van der Waals surface area contributed by atoms with E-state index in [1.54, 1.807) is 13.0 Å². The maximum absolute atomic E-state index is 12.7. The second-order valence-corrected chi connectivity index (χ2v) is 10.6. The van der Waals surface area contributed by atoms with Gasteiger partial charge in [0.2, 0.25) is 5.91 Å². The van der Waals surface area contributed by atoms with Crippen molar-refractivity contribution in [3.63, 3.8) is 0 Å². The van der Waals surface area contributed by atoms with Gasteiger partial charge in [-0.3, -0.25) is 14.4 Å². The van der Waals surface area contributed by atoms with E-state index in [1.807, 2.05) is 18.2 Å². The van der Waals surface area contributed by atoms with E-state index in [-0.39, 0.29) is 23.8 Å². The van der Waals surface area contributed by atoms with Crippen LogP contribution in [0.25, 0.3) is 0 Å². The van der Waals surface area contributed by atoms with Gasteiger partial charge in [-0.05, 0) is 32.4 Å². The Hall–Kier alpha value is -2.07. The van der Waals surface area contributed by atoms with E-state index in [0.717, 1.165) is 4.90 Å². The number of likely N-dealkylation sites (N-methyl/N-ethyl adjacent to an activating group) is 1. The van der Waals surface area contributed by atoms with Gasteiger partial charge in [0.15, 0.2) is 15.9 Å². The number of esters is 1. The number of para-hydroxylation sites is 1. The van der Waals surface area contributed by atoms with Gasteiger partial charge in [0, 0.05) is 17.5 Å². The Morgan fingerprint density at radius 2 is 2.07 bits per heavy atom. The predicted molar refractivity (Wildman–Crippen MR) is 109 cm³/mol. The smallest absolute Gasteiger partial charge is 0.308 e. The highest BCUT2D eigenvalue weighted by molar-refractivity contribution is 8.01. The van der Waals surface area contributed by atoms with Crippen molar-refractivity contribution in [1.82, 2.24) is 4.90 Å². The molecule has 29 heavy (non-hydrogen) atoms. The largest absolute Gasteiger partial charge is 0.452 e. The fraction of sp³-hybridized carbons (Fsp3) is 0.526. The molecule has 0 spiro atoms. The summed E-state index contributed by atoms with van der Waals surface area (Å²) in [6.45, 7) is 3.56. The summed E-state index contributed by atoms with van der Waals surface area (Å²) in [6, 6.07) is 6.92. The van der Waals surface area contributed by atoms with Crippen molar-refractivity contribution in [1.29, 1.82) is 0 Å². The Kier molecular flexibility index (Phi) is 6.52. The highest BCUT2D eigenvalue weighted by atomic mass is 32.2. The van der Waals surface area contributed by atoms with Crippen molar-refractivity contribution in [2.45, 2.75) is 49.0 Å². The maximum atomic E-state index is 12.7. The number of carbonyl (C=O) groups is 3. The molecular formula is C19H24N2O6S2. The molecule has 3 rings (SSSR count). The van der Waals surface area contributed by atoms with E-state index in [1.165, 1.54) is 23.6 Å². The number of amides is 2. The number of nitrogens with zero attached hydrogens (tertiary/aromatic N) is 1. The Bertz CT molecular complexity index is 917. The van der Waals surface area contributed by atoms with Gasteiger partial charge in [-0.2, -0.15) is 0 Å². The third kappa shape index (κ3) is 5.11. The molecule has 1 saturated heterocycles. The van der Waals surface area contributed by atoms with E-state index in [2.05, 4.69) is 5.32 Å². The molecular weight excluding hydrogens is 416 g/mol. The van der Waals surface area contributed by atoms with E-state index < -0.39 is 39.1 Å². The number of thioether (sulfide) groups is 1. The maximum Gasteiger partial charge on any atom is 0.308 e. The second kappa shape index (κ2) is 8.74. The first-order valence-electron chi connectivity index (χ1n) is 9.47. The second-order valence-electron chi connectivity index (χ2n) is 7.11. The van der Waals surface area contributed by atoms with Crippen LogP contribution in [0.4, 0.5) is 5.69 Å². The lowest BCUT2D eigenvalue weighted by Crippen LogP contribution is -2.46. The topological polar surface area (TPSA) is 110 Å². The summed E-state index contributed by atoms with van der Waals surface area (Å²) in [6.07, 6.45) is -0.817. The Balaban J connectivity index is 1.57. The van der Waals surface area contributed by atoms with Crippen LogP contribution in [0.15, 0.2) is 29.2 Å². The van der Waals surface area contributed by atoms with Gasteiger partial charge < -0.3 is 15.0 Å². The van der Waals surface area contributed by atoms with E-state index in [4.69, 9.17) is 4.74 Å². The molecule has 0 aliphatic carbocycles. The average molecular weight is 441 g/mol. The molecule has 1 aromatic carbocycles. The van der Waals surface area contributed by atoms with Gasteiger partial charge in [0.05, 0.1) is 28.9 Å². The van der Waals surface area contributed by atoms with Crippen molar-refractivity contribution in [3.8, 4) is 0 Å². The minimum absolute atomic E-state index is 0.0606. The van der Waals surface area contributed by atoms with Crippen LogP contribution in [0.3, 0.4) is 0 Å². The van der Waals surface area contributed by atoms with Gasteiger partial charge in [-0.1, -0.05) is 12.1 Å². The molecule has 2 aliphatic heterocycles. The van der Waals surface area contributed by atoms with E-state index >= 15 is 0 Å². The number of sulfone groups is 1. The van der Waals surface area contributed by atoms with Gasteiger partial charge in [0.1, 0.15) is 0 Å². The molecule has 2 amide bonds. The third-order valence-electron chi connectivity index (χ3n) is 4.99. The van der Waals surface area contributed by atoms with Crippen molar-refractivity contribution in [3.05, 3.63) is 24.3 Å². The summed E-state index contributed by atoms with van der Waals surface area (Å²) >= 11 is 1.28. The van der Waals surface area contributed by atoms with Crippen LogP contribution >= 0.6 is 11.8 Å². The number of rotatable bonds is 6. The molecule has 0 saturated carbocycles. The van der Waals surface area contributed by atoms with Crippen LogP contribution in [-0.4, -0.2) is 66.5 Å². The molecule has 0 aromatic heterocycles. The molecule has 1 fully saturated rings. The van der Waals surface area contributed by atoms with Gasteiger partial charge >= 0.3 is 5.97 Å². The lowest BCUT2D eigenvalue weighted by atomic mass is 10.2. The molecule has 3 atom stereocenters. The molecule has 0 radical (unpaired) electrons. The lowest BCUT2D eigenvalue weighted by molar-refractivity contribution is -0.160. The molecule has 8 nitrogen and oxygen atoms in total. The highest BCUT2D eigenvalue weighted by Crippen LogP contribution is 2.36. The fourth-order valence-electron chi connectivity index (χ4n) is 3.52. The summed E-state index contributed by atoms with van der Waals surface area (Å²) in [7, 11) is -3.13. The molecule has 2 heterocycles. The first-order chi connectivity index (χ1) is 13.7. The molecule has 1 aromatic rings. The Morgan fingerprint density at radius 1 is 1.34 bits per heavy atom. The molecule has 0 bridgehead atoms. The van der Waals surface area contributed by atoms with Crippen molar-refractivity contribution < 1.29 is 27.5 Å². The summed E-state index contributed by atoms with van der Waals surface area (Å²) < 4.78 is 28.7. The van der Waals surface area contributed by atoms with Crippen LogP contribution < -0.4 is 5.32 Å². The number of ether oxygens (including phenoxy) is 1. The van der Waals surface area contributed by atoms with Crippen LogP contribution in [-0.2, 0) is 29.0 Å². The van der Waals surface area contributed by atoms with Gasteiger partial charge in [-0.25, -0.2) is 8.42 Å². The SMILES string of the molecule is CCN(C(=O)[C@H](C)OC(=O)C[C@@H]1Sc2ccccc2NC1=O)[C@@H]1CCS(=O)(=O)C1. The zero-order chi connectivity index (χ0) is 21.2.